The zero-order chi connectivity index (χ0) is 25.5. The Balaban J connectivity index is 1.65. The molecule has 3 aromatic rings. The number of fused-ring (bicyclic) bond motifs is 1. The van der Waals surface area contributed by atoms with Crippen molar-refractivity contribution in [1.82, 2.24) is 14.7 Å². The van der Waals surface area contributed by atoms with E-state index in [1.54, 1.807) is 33.8 Å². The molecule has 0 bridgehead atoms. The average molecular weight is 511 g/mol. The minimum absolute atomic E-state index is 0.140. The van der Waals surface area contributed by atoms with Crippen molar-refractivity contribution in [2.45, 2.75) is 43.7 Å². The number of rotatable bonds is 7. The van der Waals surface area contributed by atoms with E-state index in [-0.39, 0.29) is 28.9 Å². The highest BCUT2D eigenvalue weighted by Crippen LogP contribution is 3.02. The number of aromatic nitrogens is 2. The summed E-state index contributed by atoms with van der Waals surface area (Å²) in [5, 5.41) is 13.4. The molecule has 0 aliphatic carbocycles. The van der Waals surface area contributed by atoms with E-state index >= 15 is 0 Å². The van der Waals surface area contributed by atoms with Crippen LogP contribution in [0, 0.1) is 11.3 Å². The lowest BCUT2D eigenvalue weighted by molar-refractivity contribution is 0.0635. The summed E-state index contributed by atoms with van der Waals surface area (Å²) >= 11 is 0. The topological polar surface area (TPSA) is 61.9 Å². The zero-order valence-corrected chi connectivity index (χ0v) is 19.6. The Morgan fingerprint density at radius 1 is 1.06 bits per heavy atom. The normalized spacial score (nSPS) is 17.9. The molecule has 1 atom stereocenters. The Morgan fingerprint density at radius 3 is 2.29 bits per heavy atom. The van der Waals surface area contributed by atoms with Crippen molar-refractivity contribution in [2.24, 2.45) is 0 Å². The van der Waals surface area contributed by atoms with E-state index in [4.69, 9.17) is 5.26 Å². The minimum atomic E-state index is -9.77. The van der Waals surface area contributed by atoms with Gasteiger partial charge in [-0.1, -0.05) is 63.5 Å². The number of amides is 1. The fourth-order valence-electron chi connectivity index (χ4n) is 4.13. The second-order valence-corrected chi connectivity index (χ2v) is 11.1. The van der Waals surface area contributed by atoms with Gasteiger partial charge < -0.3 is 4.90 Å². The lowest BCUT2D eigenvalue weighted by atomic mass is 10.0. The molecular formula is C24H23F5N4OS. The lowest BCUT2D eigenvalue weighted by Crippen LogP contribution is -2.42. The molecule has 5 nitrogen and oxygen atoms in total. The molecule has 1 unspecified atom stereocenters. The molecule has 0 radical (unpaired) electrons. The van der Waals surface area contributed by atoms with Crippen molar-refractivity contribution < 1.29 is 24.2 Å². The molecule has 0 fully saturated rings. The van der Waals surface area contributed by atoms with Gasteiger partial charge in [-0.05, 0) is 42.3 Å². The summed E-state index contributed by atoms with van der Waals surface area (Å²) in [4.78, 5) is 13.0. The predicted octanol–water partition coefficient (Wildman–Crippen LogP) is 7.47. The Hall–Kier alpha value is -3.39. The Labute approximate surface area is 199 Å². The van der Waals surface area contributed by atoms with Crippen LogP contribution < -0.4 is 0 Å². The molecule has 11 heteroatoms. The van der Waals surface area contributed by atoms with Crippen molar-refractivity contribution >= 4 is 16.1 Å². The van der Waals surface area contributed by atoms with Gasteiger partial charge in [0.1, 0.15) is 10.6 Å². The predicted molar refractivity (Wildman–Crippen MR) is 124 cm³/mol. The number of unbranched alkanes of at least 4 members (excludes halogenated alkanes) is 1. The number of benzene rings is 2. The van der Waals surface area contributed by atoms with Gasteiger partial charge in [0.05, 0.1) is 23.4 Å². The molecule has 0 saturated heterocycles. The van der Waals surface area contributed by atoms with Gasteiger partial charge >= 0.3 is 10.2 Å². The van der Waals surface area contributed by atoms with Gasteiger partial charge in [-0.25, -0.2) is 0 Å². The summed E-state index contributed by atoms with van der Waals surface area (Å²) in [5.74, 6) is -0.288. The van der Waals surface area contributed by atoms with Crippen molar-refractivity contribution in [1.29, 1.82) is 5.26 Å². The summed E-state index contributed by atoms with van der Waals surface area (Å²) in [6.07, 6.45) is 2.56. The van der Waals surface area contributed by atoms with E-state index in [0.717, 1.165) is 37.0 Å². The molecule has 2 heterocycles. The largest absolute Gasteiger partial charge is 0.331 e. The van der Waals surface area contributed by atoms with E-state index in [2.05, 4.69) is 5.10 Å². The van der Waals surface area contributed by atoms with Gasteiger partial charge in [-0.3, -0.25) is 9.48 Å². The maximum atomic E-state index is 13.2. The monoisotopic (exact) mass is 510 g/mol. The molecule has 35 heavy (non-hydrogen) atoms. The van der Waals surface area contributed by atoms with Crippen LogP contribution in [-0.4, -0.2) is 27.1 Å². The highest BCUT2D eigenvalue weighted by Gasteiger charge is 2.65. The number of carbonyl (C=O) groups is 1. The first kappa shape index (κ1) is 24.7. The Kier molecular flexibility index (Phi) is 5.71. The van der Waals surface area contributed by atoms with E-state index in [0.29, 0.717) is 30.8 Å². The van der Waals surface area contributed by atoms with Crippen LogP contribution in [-0.2, 0) is 6.54 Å². The van der Waals surface area contributed by atoms with Crippen molar-refractivity contribution in [3.05, 3.63) is 71.4 Å². The summed E-state index contributed by atoms with van der Waals surface area (Å²) in [6.45, 7) is 2.76. The smallest absolute Gasteiger partial charge is 0.310 e. The van der Waals surface area contributed by atoms with Crippen molar-refractivity contribution in [3.8, 4) is 17.3 Å². The van der Waals surface area contributed by atoms with Gasteiger partial charge in [-0.15, -0.1) is 0 Å². The molecule has 2 aromatic carbocycles. The Bertz CT molecular complexity index is 1300. The third-order valence-corrected chi connectivity index (χ3v) is 7.12. The first-order valence-corrected chi connectivity index (χ1v) is 13.0. The number of hydrogen-bond acceptors (Lipinski definition) is 3. The van der Waals surface area contributed by atoms with Gasteiger partial charge in [-0.2, -0.15) is 10.4 Å². The van der Waals surface area contributed by atoms with E-state index in [1.165, 1.54) is 6.07 Å². The summed E-state index contributed by atoms with van der Waals surface area (Å²) in [6, 6.07) is 12.9. The molecule has 0 saturated carbocycles. The lowest BCUT2D eigenvalue weighted by Gasteiger charge is -2.40. The number of nitriles is 1. The highest BCUT2D eigenvalue weighted by molar-refractivity contribution is 8.45. The van der Waals surface area contributed by atoms with E-state index in [1.807, 2.05) is 13.0 Å². The number of carbonyl (C=O) groups excluding carboxylic acids is 1. The summed E-state index contributed by atoms with van der Waals surface area (Å²) < 4.78 is 66.9. The number of nitrogens with zero attached hydrogens (tertiary/aromatic N) is 4. The second kappa shape index (κ2) is 8.09. The maximum Gasteiger partial charge on any atom is 0.310 e. The third-order valence-electron chi connectivity index (χ3n) is 5.96. The SMILES string of the molecule is CCCCC1CN(Cc2ccc(C#N)cc2)C(=O)c2cc(-c3ccc(S(F)(F)(F)(F)F)cc3)nn21. The fraction of sp³-hybridized carbons (Fsp3) is 0.292. The minimum Gasteiger partial charge on any atom is -0.331 e. The molecule has 186 valence electrons. The van der Waals surface area contributed by atoms with Crippen LogP contribution in [0.3, 0.4) is 0 Å². The average Bonchev–Trinajstić information content (AvgIpc) is 3.25. The van der Waals surface area contributed by atoms with Gasteiger partial charge in [0.25, 0.3) is 5.91 Å². The first-order valence-electron chi connectivity index (χ1n) is 11.0. The standard InChI is InChI=1S/C24H23F5N4OS/c1-2-3-4-20-16-32(15-18-7-5-17(14-30)6-8-18)24(34)23-13-22(31-33(20)23)19-9-11-21(12-10-19)35(25,26,27,28)29/h5-13,20H,2-4,15-16H2,1H3. The van der Waals surface area contributed by atoms with Crippen LogP contribution in [0.4, 0.5) is 19.4 Å². The van der Waals surface area contributed by atoms with Crippen molar-refractivity contribution in [3.63, 3.8) is 0 Å². The molecule has 4 rings (SSSR count). The highest BCUT2D eigenvalue weighted by atomic mass is 32.5. The molecule has 1 aliphatic heterocycles. The van der Waals surface area contributed by atoms with Gasteiger partial charge in [0.2, 0.25) is 0 Å². The van der Waals surface area contributed by atoms with Crippen LogP contribution in [0.15, 0.2) is 59.5 Å². The molecule has 1 amide bonds. The molecule has 0 spiro atoms. The van der Waals surface area contributed by atoms with Crippen molar-refractivity contribution in [2.75, 3.05) is 6.54 Å². The number of halogens is 5. The van der Waals surface area contributed by atoms with Gasteiger partial charge in [0, 0.05) is 18.7 Å². The quantitative estimate of drug-likeness (QED) is 0.310. The first-order chi connectivity index (χ1) is 16.3. The van der Waals surface area contributed by atoms with Crippen LogP contribution in [0.2, 0.25) is 0 Å². The summed E-state index contributed by atoms with van der Waals surface area (Å²) in [7, 11) is -9.77. The fourth-order valence-corrected chi connectivity index (χ4v) is 4.78. The van der Waals surface area contributed by atoms with Crippen LogP contribution in [0.25, 0.3) is 11.3 Å². The third kappa shape index (κ3) is 5.32. The van der Waals surface area contributed by atoms with Crippen LogP contribution in [0.5, 0.6) is 0 Å². The summed E-state index contributed by atoms with van der Waals surface area (Å²) in [5.41, 5.74) is 2.10. The van der Waals surface area contributed by atoms with E-state index < -0.39 is 15.1 Å². The molecule has 1 aromatic heterocycles. The molecule has 0 N–H and O–H groups in total. The zero-order valence-electron chi connectivity index (χ0n) is 18.8. The Morgan fingerprint density at radius 2 is 1.71 bits per heavy atom. The van der Waals surface area contributed by atoms with Crippen LogP contribution >= 0.6 is 10.2 Å². The van der Waals surface area contributed by atoms with Gasteiger partial charge in [0.15, 0.2) is 0 Å². The maximum absolute atomic E-state index is 13.2. The second-order valence-electron chi connectivity index (χ2n) is 8.64. The number of hydrogen-bond donors (Lipinski definition) is 0. The van der Waals surface area contributed by atoms with E-state index in [9.17, 15) is 24.2 Å². The molecular weight excluding hydrogens is 487 g/mol. The molecule has 1 aliphatic rings. The van der Waals surface area contributed by atoms with Crippen LogP contribution in [0.1, 0.15) is 53.8 Å².